The summed E-state index contributed by atoms with van der Waals surface area (Å²) in [5, 5.41) is 21.2. The number of benzene rings is 1. The van der Waals surface area contributed by atoms with Crippen LogP contribution in [0.1, 0.15) is 43.6 Å². The number of rotatable bonds is 5. The molecule has 2 fully saturated rings. The van der Waals surface area contributed by atoms with Gasteiger partial charge >= 0.3 is 6.36 Å². The van der Waals surface area contributed by atoms with Crippen LogP contribution in [0.3, 0.4) is 0 Å². The van der Waals surface area contributed by atoms with Gasteiger partial charge in [-0.25, -0.2) is 0 Å². The van der Waals surface area contributed by atoms with Crippen LogP contribution in [0, 0.1) is 0 Å². The molecule has 10 heteroatoms. The Hall–Kier alpha value is -0.930. The lowest BCUT2D eigenvalue weighted by Gasteiger charge is -2.43. The van der Waals surface area contributed by atoms with Crippen LogP contribution in [0.5, 0.6) is 11.5 Å². The van der Waals surface area contributed by atoms with Crippen LogP contribution in [0.4, 0.5) is 13.2 Å². The van der Waals surface area contributed by atoms with Gasteiger partial charge in [0.05, 0.1) is 5.60 Å². The summed E-state index contributed by atoms with van der Waals surface area (Å²) in [5.41, 5.74) is -0.394. The smallest absolute Gasteiger partial charge is 0.504 e. The van der Waals surface area contributed by atoms with Gasteiger partial charge in [0.1, 0.15) is 0 Å². The van der Waals surface area contributed by atoms with Crippen molar-refractivity contribution < 1.29 is 28.1 Å². The Morgan fingerprint density at radius 2 is 1.67 bits per heavy atom. The third-order valence-corrected chi connectivity index (χ3v) is 6.02. The number of ether oxygens (including phenoxy) is 1. The molecule has 1 saturated carbocycles. The Balaban J connectivity index is 0.00000225. The highest BCUT2D eigenvalue weighted by Crippen LogP contribution is 2.43. The summed E-state index contributed by atoms with van der Waals surface area (Å²) in [5.74, 6) is -1.52. The molecule has 0 radical (unpaired) electrons. The Morgan fingerprint density at radius 1 is 1.07 bits per heavy atom. The monoisotopic (exact) mass is 474 g/mol. The van der Waals surface area contributed by atoms with Crippen LogP contribution in [0.15, 0.2) is 18.2 Å². The molecule has 1 saturated heterocycles. The minimum absolute atomic E-state index is 0. The Bertz CT molecular complexity index is 665. The first kappa shape index (κ1) is 27.1. The average molecular weight is 475 g/mol. The molecule has 1 heterocycles. The first-order chi connectivity index (χ1) is 13.2. The molecule has 1 atom stereocenters. The molecule has 1 aliphatic heterocycles. The fourth-order valence-corrected chi connectivity index (χ4v) is 4.34. The molecule has 2 N–H and O–H groups in total. The summed E-state index contributed by atoms with van der Waals surface area (Å²) in [6.07, 6.45) is -0.769. The number of alkyl halides is 3. The first-order valence-electron chi connectivity index (χ1n) is 9.88. The highest BCUT2D eigenvalue weighted by Gasteiger charge is 2.40. The molecule has 1 aliphatic carbocycles. The van der Waals surface area contributed by atoms with Gasteiger partial charge in [0.15, 0.2) is 11.5 Å². The van der Waals surface area contributed by atoms with E-state index < -0.39 is 23.5 Å². The normalized spacial score (nSPS) is 21.2. The second kappa shape index (κ2) is 11.1. The van der Waals surface area contributed by atoms with Crippen LogP contribution in [-0.4, -0.2) is 71.7 Å². The summed E-state index contributed by atoms with van der Waals surface area (Å²) in [6, 6.07) is 4.06. The van der Waals surface area contributed by atoms with Gasteiger partial charge in [0, 0.05) is 38.6 Å². The molecule has 30 heavy (non-hydrogen) atoms. The molecular weight excluding hydrogens is 444 g/mol. The maximum Gasteiger partial charge on any atom is 0.573 e. The third kappa shape index (κ3) is 7.05. The highest BCUT2D eigenvalue weighted by molar-refractivity contribution is 5.85. The molecule has 5 nitrogen and oxygen atoms in total. The lowest BCUT2D eigenvalue weighted by molar-refractivity contribution is -0.275. The van der Waals surface area contributed by atoms with Crippen molar-refractivity contribution in [2.75, 3.05) is 39.8 Å². The standard InChI is InChI=1S/C20H29F3N2O3.2ClH/c1-24-9-11-25(12-10-24)14-16(19(27)7-3-2-4-8-19)15-5-6-17(26)18(13-15)28-20(21,22)23;;/h5-6,13,16,26-27H,2-4,7-12,14H2,1H3;2*1H. The largest absolute Gasteiger partial charge is 0.573 e. The van der Waals surface area contributed by atoms with E-state index in [2.05, 4.69) is 21.6 Å². The van der Waals surface area contributed by atoms with Crippen molar-refractivity contribution >= 4 is 24.8 Å². The minimum atomic E-state index is -4.88. The van der Waals surface area contributed by atoms with E-state index in [0.29, 0.717) is 24.9 Å². The Morgan fingerprint density at radius 3 is 2.23 bits per heavy atom. The van der Waals surface area contributed by atoms with E-state index in [4.69, 9.17) is 0 Å². The van der Waals surface area contributed by atoms with Gasteiger partial charge in [0.25, 0.3) is 0 Å². The van der Waals surface area contributed by atoms with Crippen LogP contribution in [-0.2, 0) is 0 Å². The number of phenols is 1. The van der Waals surface area contributed by atoms with Gasteiger partial charge in [-0.1, -0.05) is 25.3 Å². The zero-order valence-electron chi connectivity index (χ0n) is 17.0. The van der Waals surface area contributed by atoms with E-state index in [1.165, 1.54) is 12.1 Å². The van der Waals surface area contributed by atoms with Crippen molar-refractivity contribution in [2.45, 2.75) is 50.0 Å². The number of halogens is 5. The number of phenolic OH excluding ortho intramolecular Hbond substituents is 1. The molecule has 0 spiro atoms. The van der Waals surface area contributed by atoms with Crippen LogP contribution < -0.4 is 4.74 Å². The second-order valence-corrected chi connectivity index (χ2v) is 8.10. The molecule has 3 rings (SSSR count). The first-order valence-corrected chi connectivity index (χ1v) is 9.88. The number of aliphatic hydroxyl groups is 1. The summed E-state index contributed by atoms with van der Waals surface area (Å²) in [7, 11) is 2.06. The molecule has 1 aromatic rings. The van der Waals surface area contributed by atoms with Crippen molar-refractivity contribution in [1.29, 1.82) is 0 Å². The van der Waals surface area contributed by atoms with E-state index >= 15 is 0 Å². The number of nitrogens with zero attached hydrogens (tertiary/aromatic N) is 2. The summed E-state index contributed by atoms with van der Waals surface area (Å²) >= 11 is 0. The van der Waals surface area contributed by atoms with Crippen LogP contribution in [0.25, 0.3) is 0 Å². The second-order valence-electron chi connectivity index (χ2n) is 8.10. The van der Waals surface area contributed by atoms with Crippen molar-refractivity contribution in [3.05, 3.63) is 23.8 Å². The quantitative estimate of drug-likeness (QED) is 0.670. The predicted octanol–water partition coefficient (Wildman–Crippen LogP) is 4.16. The predicted molar refractivity (Wildman–Crippen MR) is 114 cm³/mol. The maximum atomic E-state index is 12.7. The Kier molecular flexibility index (Phi) is 10.0. The van der Waals surface area contributed by atoms with E-state index in [1.807, 2.05) is 0 Å². The van der Waals surface area contributed by atoms with Crippen molar-refractivity contribution in [3.63, 3.8) is 0 Å². The summed E-state index contributed by atoms with van der Waals surface area (Å²) in [6.45, 7) is 4.12. The van der Waals surface area contributed by atoms with Gasteiger partial charge in [-0.05, 0) is 37.6 Å². The molecule has 1 unspecified atom stereocenters. The Labute approximate surface area is 188 Å². The van der Waals surface area contributed by atoms with E-state index in [-0.39, 0.29) is 30.7 Å². The van der Waals surface area contributed by atoms with E-state index in [1.54, 1.807) is 6.07 Å². The van der Waals surface area contributed by atoms with Gasteiger partial charge < -0.3 is 24.7 Å². The molecule has 0 amide bonds. The third-order valence-electron chi connectivity index (χ3n) is 6.02. The minimum Gasteiger partial charge on any atom is -0.504 e. The molecular formula is C20H31Cl2F3N2O3. The lowest BCUT2D eigenvalue weighted by Crippen LogP contribution is -2.50. The zero-order chi connectivity index (χ0) is 20.4. The van der Waals surface area contributed by atoms with Crippen LogP contribution >= 0.6 is 24.8 Å². The molecule has 0 aromatic heterocycles. The molecule has 174 valence electrons. The fraction of sp³-hybridized carbons (Fsp3) is 0.700. The van der Waals surface area contributed by atoms with Gasteiger partial charge in [-0.2, -0.15) is 0 Å². The SMILES string of the molecule is CN1CCN(CC(c2ccc(O)c(OC(F)(F)F)c2)C2(O)CCCCC2)CC1.Cl.Cl. The molecule has 0 bridgehead atoms. The van der Waals surface area contributed by atoms with Crippen LogP contribution in [0.2, 0.25) is 0 Å². The van der Waals surface area contributed by atoms with Gasteiger partial charge in [-0.3, -0.25) is 0 Å². The number of aromatic hydroxyl groups is 1. The van der Waals surface area contributed by atoms with E-state index in [0.717, 1.165) is 45.4 Å². The fourth-order valence-electron chi connectivity index (χ4n) is 4.34. The average Bonchev–Trinajstić information content (AvgIpc) is 2.63. The van der Waals surface area contributed by atoms with Gasteiger partial charge in [-0.15, -0.1) is 38.0 Å². The van der Waals surface area contributed by atoms with Crippen molar-refractivity contribution in [2.24, 2.45) is 0 Å². The molecule has 2 aliphatic rings. The zero-order valence-corrected chi connectivity index (χ0v) is 18.7. The number of likely N-dealkylation sites (N-methyl/N-ethyl adjacent to an activating group) is 1. The van der Waals surface area contributed by atoms with E-state index in [9.17, 15) is 23.4 Å². The highest BCUT2D eigenvalue weighted by atomic mass is 35.5. The topological polar surface area (TPSA) is 56.2 Å². The molecule has 1 aromatic carbocycles. The van der Waals surface area contributed by atoms with Crippen molar-refractivity contribution in [3.8, 4) is 11.5 Å². The summed E-state index contributed by atoms with van der Waals surface area (Å²) in [4.78, 5) is 4.49. The number of hydrogen-bond donors (Lipinski definition) is 2. The number of hydrogen-bond acceptors (Lipinski definition) is 5. The number of piperazine rings is 1. The maximum absolute atomic E-state index is 12.7. The lowest BCUT2D eigenvalue weighted by atomic mass is 9.72. The van der Waals surface area contributed by atoms with Gasteiger partial charge in [0.2, 0.25) is 0 Å². The van der Waals surface area contributed by atoms with Crippen molar-refractivity contribution in [1.82, 2.24) is 9.80 Å². The summed E-state index contributed by atoms with van der Waals surface area (Å²) < 4.78 is 42.1.